The van der Waals surface area contributed by atoms with Gasteiger partial charge >= 0.3 is 0 Å². The number of carbonyl (C=O) groups excluding carboxylic acids is 2. The first kappa shape index (κ1) is 16.8. The second kappa shape index (κ2) is 7.66. The molecule has 0 radical (unpaired) electrons. The van der Waals surface area contributed by atoms with E-state index in [1.807, 2.05) is 34.1 Å². The minimum absolute atomic E-state index is 0.0763. The van der Waals surface area contributed by atoms with E-state index in [-0.39, 0.29) is 17.9 Å². The first-order valence-electron chi connectivity index (χ1n) is 8.48. The van der Waals surface area contributed by atoms with Gasteiger partial charge in [-0.1, -0.05) is 12.1 Å². The van der Waals surface area contributed by atoms with Gasteiger partial charge in [-0.3, -0.25) is 9.59 Å². The van der Waals surface area contributed by atoms with Gasteiger partial charge in [0.1, 0.15) is 11.9 Å². The van der Waals surface area contributed by atoms with Crippen LogP contribution < -0.4 is 4.74 Å². The zero-order valence-corrected chi connectivity index (χ0v) is 14.1. The number of rotatable bonds is 4. The fourth-order valence-corrected chi connectivity index (χ4v) is 3.22. The Morgan fingerprint density at radius 3 is 2.62 bits per heavy atom. The van der Waals surface area contributed by atoms with E-state index < -0.39 is 0 Å². The SMILES string of the molecule is COc1cccc(CC(=O)N2CCN(C(=O)C3CCCO3)CC2)c1. The van der Waals surface area contributed by atoms with Crippen molar-refractivity contribution in [2.75, 3.05) is 39.9 Å². The van der Waals surface area contributed by atoms with Crippen LogP contribution in [-0.2, 0) is 20.7 Å². The van der Waals surface area contributed by atoms with Gasteiger partial charge in [0.25, 0.3) is 5.91 Å². The van der Waals surface area contributed by atoms with E-state index in [0.717, 1.165) is 24.2 Å². The number of piperazine rings is 1. The predicted octanol–water partition coefficient (Wildman–Crippen LogP) is 1.09. The van der Waals surface area contributed by atoms with E-state index >= 15 is 0 Å². The summed E-state index contributed by atoms with van der Waals surface area (Å²) in [6, 6.07) is 7.57. The van der Waals surface area contributed by atoms with Crippen molar-refractivity contribution in [2.45, 2.75) is 25.4 Å². The lowest BCUT2D eigenvalue weighted by Crippen LogP contribution is -2.53. The van der Waals surface area contributed by atoms with E-state index in [0.29, 0.717) is 39.2 Å². The number of ether oxygens (including phenoxy) is 2. The summed E-state index contributed by atoms with van der Waals surface area (Å²) in [6.45, 7) is 3.02. The van der Waals surface area contributed by atoms with Crippen LogP contribution in [0.5, 0.6) is 5.75 Å². The lowest BCUT2D eigenvalue weighted by molar-refractivity contribution is -0.145. The van der Waals surface area contributed by atoms with Gasteiger partial charge < -0.3 is 19.3 Å². The number of carbonyl (C=O) groups is 2. The van der Waals surface area contributed by atoms with E-state index in [4.69, 9.17) is 9.47 Å². The van der Waals surface area contributed by atoms with Gasteiger partial charge in [-0.15, -0.1) is 0 Å². The van der Waals surface area contributed by atoms with Crippen molar-refractivity contribution in [3.8, 4) is 5.75 Å². The molecular formula is C18H24N2O4. The Balaban J connectivity index is 1.50. The second-order valence-electron chi connectivity index (χ2n) is 6.24. The molecule has 1 unspecified atom stereocenters. The molecule has 0 N–H and O–H groups in total. The molecular weight excluding hydrogens is 308 g/mol. The van der Waals surface area contributed by atoms with Gasteiger partial charge in [-0.2, -0.15) is 0 Å². The number of hydrogen-bond acceptors (Lipinski definition) is 4. The maximum absolute atomic E-state index is 12.5. The number of nitrogens with zero attached hydrogens (tertiary/aromatic N) is 2. The molecule has 6 heteroatoms. The fraction of sp³-hybridized carbons (Fsp3) is 0.556. The molecule has 130 valence electrons. The summed E-state index contributed by atoms with van der Waals surface area (Å²) in [5.74, 6) is 0.923. The van der Waals surface area contributed by atoms with Gasteiger partial charge in [0, 0.05) is 32.8 Å². The average Bonchev–Trinajstić information content (AvgIpc) is 3.16. The molecule has 2 fully saturated rings. The molecule has 1 aromatic carbocycles. The maximum Gasteiger partial charge on any atom is 0.251 e. The van der Waals surface area contributed by atoms with Crippen LogP contribution in [-0.4, -0.2) is 67.6 Å². The Labute approximate surface area is 142 Å². The predicted molar refractivity (Wildman–Crippen MR) is 88.8 cm³/mol. The molecule has 2 aliphatic rings. The molecule has 1 aromatic rings. The monoisotopic (exact) mass is 332 g/mol. The fourth-order valence-electron chi connectivity index (χ4n) is 3.22. The third kappa shape index (κ3) is 3.87. The topological polar surface area (TPSA) is 59.1 Å². The highest BCUT2D eigenvalue weighted by Gasteiger charge is 2.31. The van der Waals surface area contributed by atoms with E-state index in [1.165, 1.54) is 0 Å². The molecule has 2 aliphatic heterocycles. The minimum atomic E-state index is -0.274. The number of benzene rings is 1. The van der Waals surface area contributed by atoms with Crippen LogP contribution in [0.15, 0.2) is 24.3 Å². The number of hydrogen-bond donors (Lipinski definition) is 0. The highest BCUT2D eigenvalue weighted by Crippen LogP contribution is 2.17. The van der Waals surface area contributed by atoms with Gasteiger partial charge in [0.05, 0.1) is 13.5 Å². The van der Waals surface area contributed by atoms with Crippen molar-refractivity contribution in [2.24, 2.45) is 0 Å². The van der Waals surface area contributed by atoms with Crippen LogP contribution in [0.3, 0.4) is 0 Å². The van der Waals surface area contributed by atoms with Crippen molar-refractivity contribution < 1.29 is 19.1 Å². The molecule has 0 aromatic heterocycles. The van der Waals surface area contributed by atoms with Gasteiger partial charge in [-0.05, 0) is 30.5 Å². The van der Waals surface area contributed by atoms with Gasteiger partial charge in [0.2, 0.25) is 5.91 Å². The van der Waals surface area contributed by atoms with Crippen LogP contribution in [0.1, 0.15) is 18.4 Å². The third-order valence-electron chi connectivity index (χ3n) is 4.64. The highest BCUT2D eigenvalue weighted by atomic mass is 16.5. The Hall–Kier alpha value is -2.08. The van der Waals surface area contributed by atoms with Gasteiger partial charge in [-0.25, -0.2) is 0 Å². The molecule has 0 saturated carbocycles. The lowest BCUT2D eigenvalue weighted by Gasteiger charge is -2.35. The molecule has 1 atom stereocenters. The average molecular weight is 332 g/mol. The summed E-state index contributed by atoms with van der Waals surface area (Å²) in [6.07, 6.45) is 1.85. The first-order chi connectivity index (χ1) is 11.7. The quantitative estimate of drug-likeness (QED) is 0.828. The van der Waals surface area contributed by atoms with Crippen LogP contribution in [0.4, 0.5) is 0 Å². The smallest absolute Gasteiger partial charge is 0.251 e. The summed E-state index contributed by atoms with van der Waals surface area (Å²) in [5, 5.41) is 0. The third-order valence-corrected chi connectivity index (χ3v) is 4.64. The largest absolute Gasteiger partial charge is 0.497 e. The molecule has 24 heavy (non-hydrogen) atoms. The van der Waals surface area contributed by atoms with Crippen LogP contribution in [0.25, 0.3) is 0 Å². The molecule has 2 amide bonds. The molecule has 0 spiro atoms. The molecule has 3 rings (SSSR count). The molecule has 6 nitrogen and oxygen atoms in total. The van der Waals surface area contributed by atoms with E-state index in [9.17, 15) is 9.59 Å². The van der Waals surface area contributed by atoms with Crippen molar-refractivity contribution in [1.29, 1.82) is 0 Å². The first-order valence-corrected chi connectivity index (χ1v) is 8.48. The summed E-state index contributed by atoms with van der Waals surface area (Å²) >= 11 is 0. The lowest BCUT2D eigenvalue weighted by atomic mass is 10.1. The summed E-state index contributed by atoms with van der Waals surface area (Å²) in [4.78, 5) is 28.4. The van der Waals surface area contributed by atoms with Gasteiger partial charge in [0.15, 0.2) is 0 Å². The second-order valence-corrected chi connectivity index (χ2v) is 6.24. The minimum Gasteiger partial charge on any atom is -0.497 e. The van der Waals surface area contributed by atoms with Crippen LogP contribution in [0.2, 0.25) is 0 Å². The Morgan fingerprint density at radius 1 is 1.21 bits per heavy atom. The van der Waals surface area contributed by atoms with E-state index in [1.54, 1.807) is 7.11 Å². The maximum atomic E-state index is 12.5. The Bertz CT molecular complexity index is 590. The van der Waals surface area contributed by atoms with Crippen molar-refractivity contribution in [3.05, 3.63) is 29.8 Å². The van der Waals surface area contributed by atoms with Crippen molar-refractivity contribution in [3.63, 3.8) is 0 Å². The van der Waals surface area contributed by atoms with Crippen LogP contribution in [0, 0.1) is 0 Å². The summed E-state index contributed by atoms with van der Waals surface area (Å²) < 4.78 is 10.6. The number of amides is 2. The standard InChI is InChI=1S/C18H24N2O4/c1-23-15-5-2-4-14(12-15)13-17(21)19-7-9-20(10-8-19)18(22)16-6-3-11-24-16/h2,4-5,12,16H,3,6-11,13H2,1H3. The van der Waals surface area contributed by atoms with Crippen molar-refractivity contribution in [1.82, 2.24) is 9.80 Å². The van der Waals surface area contributed by atoms with E-state index in [2.05, 4.69) is 0 Å². The molecule has 0 bridgehead atoms. The molecule has 2 heterocycles. The van der Waals surface area contributed by atoms with Crippen molar-refractivity contribution >= 4 is 11.8 Å². The van der Waals surface area contributed by atoms with Crippen LogP contribution >= 0.6 is 0 Å². The zero-order chi connectivity index (χ0) is 16.9. The Kier molecular flexibility index (Phi) is 5.35. The summed E-state index contributed by atoms with van der Waals surface area (Å²) in [7, 11) is 1.62. The molecule has 2 saturated heterocycles. The Morgan fingerprint density at radius 2 is 1.96 bits per heavy atom. The molecule has 0 aliphatic carbocycles. The zero-order valence-electron chi connectivity index (χ0n) is 14.1. The summed E-state index contributed by atoms with van der Waals surface area (Å²) in [5.41, 5.74) is 0.942. The number of methoxy groups -OCH3 is 1. The normalized spacial score (nSPS) is 21.0. The highest BCUT2D eigenvalue weighted by molar-refractivity contribution is 5.82.